The van der Waals surface area contributed by atoms with E-state index in [4.69, 9.17) is 24.4 Å². The molecule has 12 aromatic rings. The number of fused-ring (bicyclic) bond motifs is 10. The molecule has 0 saturated heterocycles. The van der Waals surface area contributed by atoms with E-state index in [0.717, 1.165) is 71.7 Å². The van der Waals surface area contributed by atoms with Crippen LogP contribution in [-0.2, 0) is 0 Å². The summed E-state index contributed by atoms with van der Waals surface area (Å²) >= 11 is 1.85. The molecule has 0 aliphatic rings. The van der Waals surface area contributed by atoms with E-state index in [1.54, 1.807) is 0 Å². The zero-order valence-electron chi connectivity index (χ0n) is 30.9. The molecule has 0 radical (unpaired) electrons. The highest BCUT2D eigenvalue weighted by Crippen LogP contribution is 2.48. The van der Waals surface area contributed by atoms with Crippen LogP contribution in [-0.4, -0.2) is 19.9 Å². The lowest BCUT2D eigenvalue weighted by molar-refractivity contribution is 0.669. The van der Waals surface area contributed by atoms with Gasteiger partial charge in [-0.05, 0) is 35.9 Å². The van der Waals surface area contributed by atoms with E-state index < -0.39 is 0 Å². The fourth-order valence-corrected chi connectivity index (χ4v) is 9.71. The molecule has 0 atom stereocenters. The molecular formula is C52H30N4OS. The van der Waals surface area contributed by atoms with Crippen LogP contribution in [0, 0.1) is 0 Å². The molecule has 4 heterocycles. The number of rotatable bonds is 5. The van der Waals surface area contributed by atoms with Crippen molar-refractivity contribution in [3.05, 3.63) is 182 Å². The highest BCUT2D eigenvalue weighted by Gasteiger charge is 2.21. The smallest absolute Gasteiger partial charge is 0.164 e. The Morgan fingerprint density at radius 2 is 0.966 bits per heavy atom. The van der Waals surface area contributed by atoms with E-state index >= 15 is 0 Å². The third-order valence-electron chi connectivity index (χ3n) is 11.1. The van der Waals surface area contributed by atoms with Gasteiger partial charge >= 0.3 is 0 Å². The summed E-state index contributed by atoms with van der Waals surface area (Å²) in [5, 5.41) is 8.08. The number of para-hydroxylation sites is 2. The van der Waals surface area contributed by atoms with Gasteiger partial charge in [-0.2, -0.15) is 0 Å². The number of benzene rings is 8. The highest BCUT2D eigenvalue weighted by molar-refractivity contribution is 7.26. The molecule has 12 rings (SSSR count). The monoisotopic (exact) mass is 758 g/mol. The Balaban J connectivity index is 1.07. The third kappa shape index (κ3) is 5.16. The molecule has 0 aliphatic carbocycles. The molecule has 4 aromatic heterocycles. The largest absolute Gasteiger partial charge is 0.456 e. The summed E-state index contributed by atoms with van der Waals surface area (Å²) in [6.45, 7) is 0. The van der Waals surface area contributed by atoms with Crippen molar-refractivity contribution in [1.82, 2.24) is 19.9 Å². The number of aromatic nitrogens is 4. The van der Waals surface area contributed by atoms with Gasteiger partial charge in [-0.25, -0.2) is 19.9 Å². The van der Waals surface area contributed by atoms with Crippen LogP contribution in [0.15, 0.2) is 186 Å². The molecule has 0 aliphatic heterocycles. The quantitative estimate of drug-likeness (QED) is 0.164. The van der Waals surface area contributed by atoms with Crippen LogP contribution in [0.3, 0.4) is 0 Å². The van der Waals surface area contributed by atoms with E-state index in [1.807, 2.05) is 72.0 Å². The van der Waals surface area contributed by atoms with Crippen molar-refractivity contribution < 1.29 is 4.42 Å². The predicted octanol–water partition coefficient (Wildman–Crippen LogP) is 14.2. The minimum absolute atomic E-state index is 0.597. The molecule has 8 aromatic carbocycles. The van der Waals surface area contributed by atoms with Crippen molar-refractivity contribution in [3.8, 4) is 56.5 Å². The van der Waals surface area contributed by atoms with Gasteiger partial charge in [0.2, 0.25) is 0 Å². The van der Waals surface area contributed by atoms with E-state index in [-0.39, 0.29) is 0 Å². The van der Waals surface area contributed by atoms with Gasteiger partial charge in [0, 0.05) is 74.9 Å². The molecule has 6 heteroatoms. The zero-order valence-corrected chi connectivity index (χ0v) is 31.7. The van der Waals surface area contributed by atoms with Gasteiger partial charge in [0.15, 0.2) is 17.5 Å². The highest BCUT2D eigenvalue weighted by atomic mass is 32.1. The van der Waals surface area contributed by atoms with Crippen LogP contribution < -0.4 is 0 Å². The Morgan fingerprint density at radius 3 is 1.76 bits per heavy atom. The standard InChI is InChI=1S/C52H30N4OS/c1-3-14-32(15-4-1)48-40-30-39(49-47(37-20-9-12-25-44(37)58-49)46(40)35-18-7-10-22-41(35)53-48)31-26-28-34(29-27-31)51-54-50(33-16-5-2-6-17-33)55-52(56-51)38-21-13-24-43-45(38)36-19-8-11-23-42(36)57-43/h1-30H. The summed E-state index contributed by atoms with van der Waals surface area (Å²) in [5.41, 5.74) is 9.71. The summed E-state index contributed by atoms with van der Waals surface area (Å²) in [4.78, 5) is 20.6. The van der Waals surface area contributed by atoms with Crippen LogP contribution in [0.2, 0.25) is 0 Å². The fraction of sp³-hybridized carbons (Fsp3) is 0. The van der Waals surface area contributed by atoms with Crippen LogP contribution in [0.25, 0.3) is 120 Å². The number of nitrogens with zero attached hydrogens (tertiary/aromatic N) is 4. The Bertz CT molecular complexity index is 3560. The Morgan fingerprint density at radius 1 is 0.362 bits per heavy atom. The van der Waals surface area contributed by atoms with Crippen LogP contribution in [0.5, 0.6) is 0 Å². The first-order valence-electron chi connectivity index (χ1n) is 19.3. The third-order valence-corrected chi connectivity index (χ3v) is 12.3. The zero-order chi connectivity index (χ0) is 38.2. The summed E-state index contributed by atoms with van der Waals surface area (Å²) in [6.07, 6.45) is 0. The Kier molecular flexibility index (Phi) is 7.33. The minimum atomic E-state index is 0.597. The van der Waals surface area contributed by atoms with Crippen molar-refractivity contribution in [3.63, 3.8) is 0 Å². The lowest BCUT2D eigenvalue weighted by Crippen LogP contribution is -2.00. The molecule has 5 nitrogen and oxygen atoms in total. The second-order valence-corrected chi connectivity index (χ2v) is 15.6. The van der Waals surface area contributed by atoms with E-state index in [0.29, 0.717) is 17.5 Å². The first-order chi connectivity index (χ1) is 28.7. The topological polar surface area (TPSA) is 64.7 Å². The Hall–Kier alpha value is -7.54. The van der Waals surface area contributed by atoms with Crippen molar-refractivity contribution >= 4 is 75.1 Å². The van der Waals surface area contributed by atoms with Crippen LogP contribution in [0.4, 0.5) is 0 Å². The number of hydrogen-bond acceptors (Lipinski definition) is 6. The summed E-state index contributed by atoms with van der Waals surface area (Å²) in [5.74, 6) is 1.82. The van der Waals surface area contributed by atoms with Crippen molar-refractivity contribution in [2.45, 2.75) is 0 Å². The molecule has 0 N–H and O–H groups in total. The van der Waals surface area contributed by atoms with Gasteiger partial charge in [0.1, 0.15) is 11.2 Å². The molecule has 0 saturated carbocycles. The molecule has 0 unspecified atom stereocenters. The van der Waals surface area contributed by atoms with Gasteiger partial charge in [0.25, 0.3) is 0 Å². The van der Waals surface area contributed by atoms with Crippen molar-refractivity contribution in [2.24, 2.45) is 0 Å². The van der Waals surface area contributed by atoms with Crippen molar-refractivity contribution in [1.29, 1.82) is 0 Å². The molecule has 0 spiro atoms. The summed E-state index contributed by atoms with van der Waals surface area (Å²) in [7, 11) is 0. The molecule has 58 heavy (non-hydrogen) atoms. The predicted molar refractivity (Wildman–Crippen MR) is 240 cm³/mol. The second-order valence-electron chi connectivity index (χ2n) is 14.5. The number of pyridine rings is 1. The van der Waals surface area contributed by atoms with Gasteiger partial charge < -0.3 is 4.42 Å². The van der Waals surface area contributed by atoms with Crippen LogP contribution >= 0.6 is 11.3 Å². The maximum absolute atomic E-state index is 6.26. The second kappa shape index (κ2) is 13.0. The first kappa shape index (κ1) is 32.7. The summed E-state index contributed by atoms with van der Waals surface area (Å²) in [6, 6.07) is 63.2. The maximum atomic E-state index is 6.26. The van der Waals surface area contributed by atoms with Gasteiger partial charge in [0.05, 0.1) is 11.2 Å². The first-order valence-corrected chi connectivity index (χ1v) is 20.1. The van der Waals surface area contributed by atoms with Gasteiger partial charge in [-0.15, -0.1) is 11.3 Å². The Labute approximate surface area is 336 Å². The molecule has 270 valence electrons. The fourth-order valence-electron chi connectivity index (χ4n) is 8.46. The van der Waals surface area contributed by atoms with Crippen LogP contribution in [0.1, 0.15) is 0 Å². The lowest BCUT2D eigenvalue weighted by atomic mass is 9.92. The molecular weight excluding hydrogens is 729 g/mol. The maximum Gasteiger partial charge on any atom is 0.164 e. The van der Waals surface area contributed by atoms with Gasteiger partial charge in [-0.1, -0.05) is 152 Å². The average molecular weight is 759 g/mol. The van der Waals surface area contributed by atoms with Gasteiger partial charge in [-0.3, -0.25) is 0 Å². The number of thiophene rings is 1. The number of hydrogen-bond donors (Lipinski definition) is 0. The van der Waals surface area contributed by atoms with E-state index in [9.17, 15) is 0 Å². The lowest BCUT2D eigenvalue weighted by Gasteiger charge is -2.15. The van der Waals surface area contributed by atoms with Crippen molar-refractivity contribution in [2.75, 3.05) is 0 Å². The SMILES string of the molecule is c1ccc(-c2nc(-c3ccc(-c4cc5c(-c6ccccc6)nc6ccccc6c5c5c4sc4ccccc45)cc3)nc(-c3cccc4oc5ccccc5c34)n2)cc1. The molecule has 0 amide bonds. The average Bonchev–Trinajstić information content (AvgIpc) is 3.88. The summed E-state index contributed by atoms with van der Waals surface area (Å²) < 4.78 is 8.77. The normalized spacial score (nSPS) is 11.8. The molecule has 0 fully saturated rings. The minimum Gasteiger partial charge on any atom is -0.456 e. The number of furan rings is 1. The molecule has 0 bridgehead atoms. The van der Waals surface area contributed by atoms with E-state index in [1.165, 1.54) is 31.1 Å². The van der Waals surface area contributed by atoms with E-state index in [2.05, 4.69) is 121 Å².